The molecule has 2 rings (SSSR count). The average Bonchev–Trinajstić information content (AvgIpc) is 2.93. The van der Waals surface area contributed by atoms with Crippen LogP contribution in [0, 0.1) is 0 Å². The highest BCUT2D eigenvalue weighted by Gasteiger charge is 2.41. The second-order valence-electron chi connectivity index (χ2n) is 6.19. The Bertz CT molecular complexity index is 406. The first-order chi connectivity index (χ1) is 9.62. The maximum Gasteiger partial charge on any atom is 0.0522 e. The Labute approximate surface area is 122 Å². The van der Waals surface area contributed by atoms with Crippen molar-refractivity contribution in [3.63, 3.8) is 0 Å². The SMILES string of the molecule is CCn1cc(CC(NN)C2(N(C)C)CCCCC2)cn1. The summed E-state index contributed by atoms with van der Waals surface area (Å²) in [4.78, 5) is 2.38. The molecule has 1 aromatic heterocycles. The zero-order valence-corrected chi connectivity index (χ0v) is 13.1. The maximum atomic E-state index is 5.91. The first-order valence-corrected chi connectivity index (χ1v) is 7.77. The van der Waals surface area contributed by atoms with E-state index < -0.39 is 0 Å². The summed E-state index contributed by atoms with van der Waals surface area (Å²) in [5.41, 5.74) is 4.52. The molecule has 1 unspecified atom stereocenters. The average molecular weight is 279 g/mol. The fraction of sp³-hybridized carbons (Fsp3) is 0.800. The molecule has 1 aliphatic carbocycles. The van der Waals surface area contributed by atoms with Gasteiger partial charge in [-0.05, 0) is 45.8 Å². The monoisotopic (exact) mass is 279 g/mol. The predicted molar refractivity (Wildman–Crippen MR) is 82.2 cm³/mol. The number of nitrogens with two attached hydrogens (primary N) is 1. The molecule has 1 saturated carbocycles. The van der Waals surface area contributed by atoms with Gasteiger partial charge >= 0.3 is 0 Å². The van der Waals surface area contributed by atoms with Crippen molar-refractivity contribution in [3.05, 3.63) is 18.0 Å². The van der Waals surface area contributed by atoms with Crippen molar-refractivity contribution in [3.8, 4) is 0 Å². The number of aryl methyl sites for hydroxylation is 1. The van der Waals surface area contributed by atoms with Crippen molar-refractivity contribution in [2.75, 3.05) is 14.1 Å². The van der Waals surface area contributed by atoms with Gasteiger partial charge in [0.25, 0.3) is 0 Å². The summed E-state index contributed by atoms with van der Waals surface area (Å²) in [6.45, 7) is 3.03. The van der Waals surface area contributed by atoms with Crippen LogP contribution in [0.3, 0.4) is 0 Å². The number of rotatable bonds is 6. The van der Waals surface area contributed by atoms with Crippen molar-refractivity contribution in [1.29, 1.82) is 0 Å². The van der Waals surface area contributed by atoms with E-state index in [0.717, 1.165) is 13.0 Å². The third-order valence-corrected chi connectivity index (χ3v) is 4.91. The van der Waals surface area contributed by atoms with Crippen molar-refractivity contribution in [1.82, 2.24) is 20.1 Å². The van der Waals surface area contributed by atoms with Gasteiger partial charge in [0.2, 0.25) is 0 Å². The van der Waals surface area contributed by atoms with E-state index in [1.54, 1.807) is 0 Å². The van der Waals surface area contributed by atoms with E-state index in [4.69, 9.17) is 5.84 Å². The summed E-state index contributed by atoms with van der Waals surface area (Å²) in [7, 11) is 4.37. The highest BCUT2D eigenvalue weighted by Crippen LogP contribution is 2.36. The van der Waals surface area contributed by atoms with Gasteiger partial charge in [0, 0.05) is 24.3 Å². The van der Waals surface area contributed by atoms with Crippen LogP contribution in [0.15, 0.2) is 12.4 Å². The minimum atomic E-state index is 0.168. The molecule has 1 atom stereocenters. The molecule has 3 N–H and O–H groups in total. The zero-order chi connectivity index (χ0) is 14.6. The maximum absolute atomic E-state index is 5.91. The summed E-state index contributed by atoms with van der Waals surface area (Å²) in [5, 5.41) is 4.37. The van der Waals surface area contributed by atoms with Crippen molar-refractivity contribution in [2.24, 2.45) is 5.84 Å². The minimum absolute atomic E-state index is 0.168. The number of hydrogen-bond acceptors (Lipinski definition) is 4. The highest BCUT2D eigenvalue weighted by atomic mass is 15.3. The van der Waals surface area contributed by atoms with E-state index in [0.29, 0.717) is 0 Å². The van der Waals surface area contributed by atoms with Crippen LogP contribution in [0.1, 0.15) is 44.6 Å². The molecular formula is C15H29N5. The van der Waals surface area contributed by atoms with Crippen LogP contribution in [-0.2, 0) is 13.0 Å². The van der Waals surface area contributed by atoms with E-state index in [9.17, 15) is 0 Å². The Kier molecular flexibility index (Phi) is 5.18. The van der Waals surface area contributed by atoms with Crippen molar-refractivity contribution < 1.29 is 0 Å². The topological polar surface area (TPSA) is 59.1 Å². The van der Waals surface area contributed by atoms with Gasteiger partial charge in [-0.2, -0.15) is 5.10 Å². The second kappa shape index (κ2) is 6.70. The summed E-state index contributed by atoms with van der Waals surface area (Å²) < 4.78 is 1.98. The van der Waals surface area contributed by atoms with Crippen LogP contribution >= 0.6 is 0 Å². The van der Waals surface area contributed by atoms with Gasteiger partial charge in [-0.25, -0.2) is 0 Å². The molecule has 5 nitrogen and oxygen atoms in total. The molecule has 0 amide bonds. The molecule has 20 heavy (non-hydrogen) atoms. The molecule has 1 heterocycles. The van der Waals surface area contributed by atoms with Crippen molar-refractivity contribution in [2.45, 2.75) is 63.6 Å². The third-order valence-electron chi connectivity index (χ3n) is 4.91. The Morgan fingerprint density at radius 3 is 2.60 bits per heavy atom. The van der Waals surface area contributed by atoms with Gasteiger partial charge < -0.3 is 4.90 Å². The largest absolute Gasteiger partial charge is 0.302 e. The lowest BCUT2D eigenvalue weighted by molar-refractivity contribution is 0.0569. The first kappa shape index (κ1) is 15.5. The van der Waals surface area contributed by atoms with Crippen molar-refractivity contribution >= 4 is 0 Å². The Morgan fingerprint density at radius 2 is 2.10 bits per heavy atom. The van der Waals surface area contributed by atoms with Crippen LogP contribution in [0.4, 0.5) is 0 Å². The molecule has 0 aromatic carbocycles. The first-order valence-electron chi connectivity index (χ1n) is 7.77. The molecule has 114 valence electrons. The molecule has 0 spiro atoms. The van der Waals surface area contributed by atoms with Crippen LogP contribution in [0.5, 0.6) is 0 Å². The minimum Gasteiger partial charge on any atom is -0.302 e. The fourth-order valence-electron chi connectivity index (χ4n) is 3.60. The van der Waals surface area contributed by atoms with Gasteiger partial charge in [0.1, 0.15) is 0 Å². The van der Waals surface area contributed by atoms with E-state index in [2.05, 4.69) is 42.6 Å². The lowest BCUT2D eigenvalue weighted by Gasteiger charge is -2.48. The molecular weight excluding hydrogens is 250 g/mol. The Balaban J connectivity index is 2.15. The molecule has 0 saturated heterocycles. The van der Waals surface area contributed by atoms with Gasteiger partial charge in [-0.1, -0.05) is 19.3 Å². The van der Waals surface area contributed by atoms with Gasteiger partial charge in [0.15, 0.2) is 0 Å². The summed E-state index contributed by atoms with van der Waals surface area (Å²) >= 11 is 0. The Morgan fingerprint density at radius 1 is 1.40 bits per heavy atom. The summed E-state index contributed by atoms with van der Waals surface area (Å²) in [6.07, 6.45) is 11.4. The van der Waals surface area contributed by atoms with Gasteiger partial charge in [-0.15, -0.1) is 0 Å². The normalized spacial score (nSPS) is 20.2. The zero-order valence-electron chi connectivity index (χ0n) is 13.1. The number of nitrogens with zero attached hydrogens (tertiary/aromatic N) is 3. The molecule has 0 aliphatic heterocycles. The smallest absolute Gasteiger partial charge is 0.0522 e. The Hall–Kier alpha value is -0.910. The number of hydrogen-bond donors (Lipinski definition) is 2. The van der Waals surface area contributed by atoms with Gasteiger partial charge in [-0.3, -0.25) is 16.0 Å². The van der Waals surface area contributed by atoms with E-state index in [-0.39, 0.29) is 11.6 Å². The highest BCUT2D eigenvalue weighted by molar-refractivity contribution is 5.11. The van der Waals surface area contributed by atoms with E-state index >= 15 is 0 Å². The molecule has 0 radical (unpaired) electrons. The predicted octanol–water partition coefficient (Wildman–Crippen LogP) is 1.54. The van der Waals surface area contributed by atoms with E-state index in [1.807, 2.05) is 10.9 Å². The lowest BCUT2D eigenvalue weighted by atomic mass is 9.74. The number of nitrogens with one attached hydrogen (secondary N) is 1. The number of hydrazine groups is 1. The van der Waals surface area contributed by atoms with Crippen LogP contribution in [-0.4, -0.2) is 40.4 Å². The van der Waals surface area contributed by atoms with Gasteiger partial charge in [0.05, 0.1) is 6.20 Å². The number of likely N-dealkylation sites (N-methyl/N-ethyl adjacent to an activating group) is 1. The lowest BCUT2D eigenvalue weighted by Crippen LogP contribution is -2.62. The van der Waals surface area contributed by atoms with Crippen LogP contribution < -0.4 is 11.3 Å². The van der Waals surface area contributed by atoms with Crippen LogP contribution in [0.2, 0.25) is 0 Å². The molecule has 1 aliphatic rings. The van der Waals surface area contributed by atoms with Crippen LogP contribution in [0.25, 0.3) is 0 Å². The molecule has 1 fully saturated rings. The fourth-order valence-corrected chi connectivity index (χ4v) is 3.60. The molecule has 5 heteroatoms. The number of aromatic nitrogens is 2. The summed E-state index contributed by atoms with van der Waals surface area (Å²) in [6, 6.07) is 0.271. The summed E-state index contributed by atoms with van der Waals surface area (Å²) in [5.74, 6) is 5.91. The third kappa shape index (κ3) is 3.05. The second-order valence-corrected chi connectivity index (χ2v) is 6.19. The quantitative estimate of drug-likeness (QED) is 0.612. The van der Waals surface area contributed by atoms with E-state index in [1.165, 1.54) is 37.7 Å². The molecule has 1 aromatic rings. The standard InChI is InChI=1S/C15H29N5/c1-4-20-12-13(11-17-20)10-14(18-16)15(19(2)3)8-6-5-7-9-15/h11-12,14,18H,4-10,16H2,1-3H3. The molecule has 0 bridgehead atoms.